The van der Waals surface area contributed by atoms with Crippen LogP contribution in [0.5, 0.6) is 0 Å². The number of ether oxygens (including phenoxy) is 4. The molecule has 0 unspecified atom stereocenters. The zero-order chi connectivity index (χ0) is 19.1. The maximum absolute atomic E-state index is 7.18. The van der Waals surface area contributed by atoms with Crippen LogP contribution in [0.2, 0.25) is 0 Å². The fraction of sp³-hybridized carbons (Fsp3) is 1.00. The second-order valence-electron chi connectivity index (χ2n) is 11.3. The van der Waals surface area contributed by atoms with Crippen LogP contribution in [0, 0.1) is 22.7 Å². The Morgan fingerprint density at radius 1 is 0.852 bits per heavy atom. The summed E-state index contributed by atoms with van der Waals surface area (Å²) in [5, 5.41) is 0. The Bertz CT molecular complexity index is 611. The molecule has 5 rings (SSSR count). The van der Waals surface area contributed by atoms with E-state index in [1.54, 1.807) is 0 Å². The first kappa shape index (κ1) is 18.8. The fourth-order valence-corrected chi connectivity index (χ4v) is 7.86. The van der Waals surface area contributed by atoms with E-state index in [0.29, 0.717) is 17.9 Å². The third kappa shape index (κ3) is 2.42. The van der Waals surface area contributed by atoms with E-state index in [2.05, 4.69) is 34.6 Å². The van der Waals surface area contributed by atoms with E-state index in [0.717, 1.165) is 32.7 Å². The first-order valence-electron chi connectivity index (χ1n) is 11.2. The van der Waals surface area contributed by atoms with Crippen molar-refractivity contribution in [1.82, 2.24) is 0 Å². The molecule has 5 aliphatic rings. The second-order valence-corrected chi connectivity index (χ2v) is 11.3. The van der Waals surface area contributed by atoms with Gasteiger partial charge in [-0.1, -0.05) is 20.8 Å². The van der Waals surface area contributed by atoms with Crippen molar-refractivity contribution >= 4 is 0 Å². The number of fused-ring (bicyclic) bond motifs is 4. The standard InChI is InChI=1S/C23H38O4/c1-16-6-7-17-20(4)14-25-19(2,3)26-18(20)8-9-21(17,5)23(16)11-10-22(27-23)12-13-24-15-22/h16-18H,6-15H2,1-5H3/t16-,17-,18-,20+,21+,22+,23-/m1/s1. The topological polar surface area (TPSA) is 36.9 Å². The average Bonchev–Trinajstić information content (AvgIpc) is 3.23. The zero-order valence-corrected chi connectivity index (χ0v) is 17.9. The van der Waals surface area contributed by atoms with Gasteiger partial charge in [0.25, 0.3) is 0 Å². The Morgan fingerprint density at radius 2 is 1.67 bits per heavy atom. The molecule has 3 heterocycles. The van der Waals surface area contributed by atoms with Crippen molar-refractivity contribution in [2.75, 3.05) is 19.8 Å². The van der Waals surface area contributed by atoms with Crippen LogP contribution < -0.4 is 0 Å². The molecule has 5 fully saturated rings. The largest absolute Gasteiger partial charge is 0.378 e. The monoisotopic (exact) mass is 378 g/mol. The summed E-state index contributed by atoms with van der Waals surface area (Å²) in [6.07, 6.45) is 8.58. The first-order valence-corrected chi connectivity index (χ1v) is 11.2. The van der Waals surface area contributed by atoms with Crippen LogP contribution in [0.15, 0.2) is 0 Å². The summed E-state index contributed by atoms with van der Waals surface area (Å²) >= 11 is 0. The molecule has 4 heteroatoms. The quantitative estimate of drug-likeness (QED) is 0.612. The van der Waals surface area contributed by atoms with Crippen molar-refractivity contribution in [3.8, 4) is 0 Å². The zero-order valence-electron chi connectivity index (χ0n) is 17.9. The van der Waals surface area contributed by atoms with Gasteiger partial charge in [0.15, 0.2) is 5.79 Å². The molecule has 0 bridgehead atoms. The van der Waals surface area contributed by atoms with Gasteiger partial charge < -0.3 is 18.9 Å². The molecular weight excluding hydrogens is 340 g/mol. The van der Waals surface area contributed by atoms with Crippen LogP contribution in [0.3, 0.4) is 0 Å². The van der Waals surface area contributed by atoms with Crippen LogP contribution in [-0.4, -0.2) is 42.9 Å². The van der Waals surface area contributed by atoms with Crippen LogP contribution in [0.4, 0.5) is 0 Å². The van der Waals surface area contributed by atoms with Gasteiger partial charge in [-0.2, -0.15) is 0 Å². The molecule has 154 valence electrons. The predicted molar refractivity (Wildman–Crippen MR) is 103 cm³/mol. The maximum atomic E-state index is 7.18. The van der Waals surface area contributed by atoms with Gasteiger partial charge in [-0.3, -0.25) is 0 Å². The van der Waals surface area contributed by atoms with E-state index in [1.165, 1.54) is 32.1 Å². The van der Waals surface area contributed by atoms with Gasteiger partial charge in [-0.05, 0) is 64.2 Å². The molecule has 0 amide bonds. The van der Waals surface area contributed by atoms with E-state index in [4.69, 9.17) is 18.9 Å². The second kappa shape index (κ2) is 5.71. The van der Waals surface area contributed by atoms with E-state index >= 15 is 0 Å². The molecule has 4 nitrogen and oxygen atoms in total. The van der Waals surface area contributed by atoms with E-state index < -0.39 is 5.79 Å². The minimum Gasteiger partial charge on any atom is -0.378 e. The summed E-state index contributed by atoms with van der Waals surface area (Å²) in [6, 6.07) is 0. The van der Waals surface area contributed by atoms with Crippen molar-refractivity contribution in [3.05, 3.63) is 0 Å². The lowest BCUT2D eigenvalue weighted by Gasteiger charge is -2.67. The highest BCUT2D eigenvalue weighted by molar-refractivity contribution is 5.18. The lowest BCUT2D eigenvalue weighted by atomic mass is 9.43. The highest BCUT2D eigenvalue weighted by Gasteiger charge is 2.70. The molecule has 3 aliphatic heterocycles. The van der Waals surface area contributed by atoms with Crippen molar-refractivity contribution in [2.45, 2.75) is 103 Å². The Labute approximate surface area is 164 Å². The van der Waals surface area contributed by atoms with Gasteiger partial charge in [-0.25, -0.2) is 0 Å². The molecule has 0 radical (unpaired) electrons. The van der Waals surface area contributed by atoms with Crippen LogP contribution >= 0.6 is 0 Å². The minimum absolute atomic E-state index is 0.00936. The molecule has 2 saturated carbocycles. The summed E-state index contributed by atoms with van der Waals surface area (Å²) in [5.41, 5.74) is 0.250. The summed E-state index contributed by atoms with van der Waals surface area (Å²) in [6.45, 7) is 14.0. The Hall–Kier alpha value is -0.160. The molecule has 27 heavy (non-hydrogen) atoms. The normalized spacial score (nSPS) is 57.0. The van der Waals surface area contributed by atoms with Crippen molar-refractivity contribution in [2.24, 2.45) is 22.7 Å². The average molecular weight is 379 g/mol. The van der Waals surface area contributed by atoms with E-state index in [-0.39, 0.29) is 22.0 Å². The summed E-state index contributed by atoms with van der Waals surface area (Å²) in [4.78, 5) is 0. The maximum Gasteiger partial charge on any atom is 0.163 e. The third-order valence-corrected chi connectivity index (χ3v) is 9.45. The highest BCUT2D eigenvalue weighted by atomic mass is 16.7. The Balaban J connectivity index is 1.51. The van der Waals surface area contributed by atoms with Gasteiger partial charge in [0.1, 0.15) is 0 Å². The first-order chi connectivity index (χ1) is 12.7. The molecular formula is C23H38O4. The molecule has 3 saturated heterocycles. The van der Waals surface area contributed by atoms with Crippen molar-refractivity contribution in [1.29, 1.82) is 0 Å². The highest BCUT2D eigenvalue weighted by Crippen LogP contribution is 2.69. The number of rotatable bonds is 0. The van der Waals surface area contributed by atoms with E-state index in [1.807, 2.05) is 0 Å². The lowest BCUT2D eigenvalue weighted by Crippen LogP contribution is -2.68. The molecule has 7 atom stereocenters. The van der Waals surface area contributed by atoms with Crippen molar-refractivity contribution < 1.29 is 18.9 Å². The molecule has 0 aromatic rings. The van der Waals surface area contributed by atoms with Crippen LogP contribution in [0.25, 0.3) is 0 Å². The van der Waals surface area contributed by atoms with Crippen LogP contribution in [-0.2, 0) is 18.9 Å². The molecule has 2 aliphatic carbocycles. The molecule has 2 spiro atoms. The van der Waals surface area contributed by atoms with Gasteiger partial charge in [0.05, 0.1) is 30.5 Å². The lowest BCUT2D eigenvalue weighted by molar-refractivity contribution is -0.358. The smallest absolute Gasteiger partial charge is 0.163 e. The SMILES string of the molecule is C[C@@H]1CC[C@@H]2[C@]3(C)COC(C)(C)O[C@@H]3CC[C@]2(C)[C@@]12CC[C@@]1(CCOC1)O2. The summed E-state index contributed by atoms with van der Waals surface area (Å²) in [7, 11) is 0. The molecule has 0 N–H and O–H groups in total. The van der Waals surface area contributed by atoms with Gasteiger partial charge >= 0.3 is 0 Å². The minimum atomic E-state index is -0.452. The predicted octanol–water partition coefficient (Wildman–Crippen LogP) is 4.70. The van der Waals surface area contributed by atoms with Gasteiger partial charge in [0, 0.05) is 23.9 Å². The fourth-order valence-electron chi connectivity index (χ4n) is 7.86. The molecule has 0 aromatic carbocycles. The van der Waals surface area contributed by atoms with Crippen LogP contribution in [0.1, 0.15) is 79.6 Å². The summed E-state index contributed by atoms with van der Waals surface area (Å²) in [5.74, 6) is 0.751. The number of hydrogen-bond acceptors (Lipinski definition) is 4. The number of hydrogen-bond donors (Lipinski definition) is 0. The van der Waals surface area contributed by atoms with Gasteiger partial charge in [-0.15, -0.1) is 0 Å². The third-order valence-electron chi connectivity index (χ3n) is 9.45. The van der Waals surface area contributed by atoms with Crippen molar-refractivity contribution in [3.63, 3.8) is 0 Å². The van der Waals surface area contributed by atoms with Gasteiger partial charge in [0.2, 0.25) is 0 Å². The Kier molecular flexibility index (Phi) is 3.99. The summed E-state index contributed by atoms with van der Waals surface area (Å²) < 4.78 is 25.6. The van der Waals surface area contributed by atoms with E-state index in [9.17, 15) is 0 Å². The Morgan fingerprint density at radius 3 is 2.41 bits per heavy atom. The molecule has 0 aromatic heterocycles.